The van der Waals surface area contributed by atoms with E-state index < -0.39 is 0 Å². The molecule has 1 aromatic carbocycles. The predicted molar refractivity (Wildman–Crippen MR) is 89.0 cm³/mol. The number of benzene rings is 1. The second kappa shape index (κ2) is 7.10. The Bertz CT molecular complexity index is 587. The smallest absolute Gasteiger partial charge is 0.0628 e. The highest BCUT2D eigenvalue weighted by Crippen LogP contribution is 2.17. The van der Waals surface area contributed by atoms with Crippen LogP contribution in [0, 0.1) is 13.8 Å². The molecule has 0 fully saturated rings. The number of likely N-dealkylation sites (N-methyl/N-ethyl adjacent to an activating group) is 1. The van der Waals surface area contributed by atoms with Gasteiger partial charge in [0.25, 0.3) is 0 Å². The molecule has 114 valence electrons. The number of hydrogen-bond donors (Lipinski definition) is 1. The van der Waals surface area contributed by atoms with Crippen molar-refractivity contribution in [3.63, 3.8) is 0 Å². The average molecular weight is 306 g/mol. The first kappa shape index (κ1) is 16.1. The molecule has 1 aromatic heterocycles. The molecule has 0 aliphatic heterocycles. The Hall–Kier alpha value is -1.32. The normalized spacial score (nSPS) is 12.6. The van der Waals surface area contributed by atoms with Crippen molar-refractivity contribution in [1.29, 1.82) is 0 Å². The molecule has 0 aliphatic rings. The standard InChI is InChI=1S/C17H24ClN3/c1-5-19-16(10-14-6-8-15(18)9-7-14)11-17-12(2)20-21(4)13(17)3/h6-9,16,19H,5,10-11H2,1-4H3. The van der Waals surface area contributed by atoms with Crippen LogP contribution >= 0.6 is 11.6 Å². The number of halogens is 1. The molecular weight excluding hydrogens is 282 g/mol. The van der Waals surface area contributed by atoms with E-state index in [1.54, 1.807) is 0 Å². The van der Waals surface area contributed by atoms with Gasteiger partial charge in [0, 0.05) is 23.8 Å². The van der Waals surface area contributed by atoms with Crippen molar-refractivity contribution in [2.75, 3.05) is 6.54 Å². The molecule has 0 amide bonds. The lowest BCUT2D eigenvalue weighted by Gasteiger charge is -2.18. The van der Waals surface area contributed by atoms with E-state index >= 15 is 0 Å². The van der Waals surface area contributed by atoms with Crippen molar-refractivity contribution >= 4 is 11.6 Å². The Morgan fingerprint density at radius 2 is 1.86 bits per heavy atom. The highest BCUT2D eigenvalue weighted by molar-refractivity contribution is 6.30. The first-order valence-electron chi connectivity index (χ1n) is 7.48. The lowest BCUT2D eigenvalue weighted by atomic mass is 9.98. The fourth-order valence-electron chi connectivity index (χ4n) is 2.77. The molecule has 3 nitrogen and oxygen atoms in total. The van der Waals surface area contributed by atoms with E-state index in [-0.39, 0.29) is 0 Å². The van der Waals surface area contributed by atoms with Crippen LogP contribution < -0.4 is 5.32 Å². The van der Waals surface area contributed by atoms with Crippen molar-refractivity contribution in [1.82, 2.24) is 15.1 Å². The van der Waals surface area contributed by atoms with E-state index in [1.807, 2.05) is 23.9 Å². The summed E-state index contributed by atoms with van der Waals surface area (Å²) in [5, 5.41) is 8.89. The molecule has 1 heterocycles. The van der Waals surface area contributed by atoms with Gasteiger partial charge in [-0.25, -0.2) is 0 Å². The summed E-state index contributed by atoms with van der Waals surface area (Å²) in [5.41, 5.74) is 5.06. The van der Waals surface area contributed by atoms with Gasteiger partial charge >= 0.3 is 0 Å². The van der Waals surface area contributed by atoms with Crippen LogP contribution in [0.4, 0.5) is 0 Å². The minimum Gasteiger partial charge on any atom is -0.314 e. The van der Waals surface area contributed by atoms with Gasteiger partial charge in [-0.15, -0.1) is 0 Å². The van der Waals surface area contributed by atoms with E-state index in [0.717, 1.165) is 30.1 Å². The van der Waals surface area contributed by atoms with Crippen LogP contribution in [-0.2, 0) is 19.9 Å². The van der Waals surface area contributed by atoms with E-state index in [1.165, 1.54) is 16.8 Å². The summed E-state index contributed by atoms with van der Waals surface area (Å²) >= 11 is 5.96. The summed E-state index contributed by atoms with van der Waals surface area (Å²) in [6, 6.07) is 8.55. The maximum atomic E-state index is 5.96. The Balaban J connectivity index is 2.13. The molecule has 1 atom stereocenters. The first-order valence-corrected chi connectivity index (χ1v) is 7.86. The molecule has 0 saturated heterocycles. The van der Waals surface area contributed by atoms with E-state index in [4.69, 9.17) is 11.6 Å². The molecule has 0 bridgehead atoms. The lowest BCUT2D eigenvalue weighted by Crippen LogP contribution is -2.33. The van der Waals surface area contributed by atoms with Gasteiger partial charge in [0.1, 0.15) is 0 Å². The van der Waals surface area contributed by atoms with Gasteiger partial charge in [-0.1, -0.05) is 30.7 Å². The van der Waals surface area contributed by atoms with Gasteiger partial charge in [-0.05, 0) is 56.5 Å². The Kier molecular flexibility index (Phi) is 5.43. The van der Waals surface area contributed by atoms with E-state index in [9.17, 15) is 0 Å². The lowest BCUT2D eigenvalue weighted by molar-refractivity contribution is 0.519. The third-order valence-corrected chi connectivity index (χ3v) is 4.25. The van der Waals surface area contributed by atoms with E-state index in [0.29, 0.717) is 6.04 Å². The zero-order valence-electron chi connectivity index (χ0n) is 13.3. The first-order chi connectivity index (χ1) is 10.0. The summed E-state index contributed by atoms with van der Waals surface area (Å²) in [6.07, 6.45) is 2.00. The van der Waals surface area contributed by atoms with Crippen molar-refractivity contribution < 1.29 is 0 Å². The van der Waals surface area contributed by atoms with E-state index in [2.05, 4.69) is 43.3 Å². The van der Waals surface area contributed by atoms with Gasteiger partial charge in [0.15, 0.2) is 0 Å². The fraction of sp³-hybridized carbons (Fsp3) is 0.471. The van der Waals surface area contributed by atoms with Crippen molar-refractivity contribution in [3.8, 4) is 0 Å². The van der Waals surface area contributed by atoms with Crippen molar-refractivity contribution in [2.24, 2.45) is 7.05 Å². The number of hydrogen-bond acceptors (Lipinski definition) is 2. The van der Waals surface area contributed by atoms with Gasteiger partial charge in [-0.2, -0.15) is 5.10 Å². The molecule has 0 radical (unpaired) electrons. The zero-order chi connectivity index (χ0) is 15.4. The average Bonchev–Trinajstić information content (AvgIpc) is 2.68. The van der Waals surface area contributed by atoms with Crippen LogP contribution in [0.5, 0.6) is 0 Å². The molecule has 4 heteroatoms. The summed E-state index contributed by atoms with van der Waals surface area (Å²) < 4.78 is 1.97. The highest BCUT2D eigenvalue weighted by atomic mass is 35.5. The molecule has 0 aliphatic carbocycles. The van der Waals surface area contributed by atoms with Crippen LogP contribution in [-0.4, -0.2) is 22.4 Å². The molecule has 0 spiro atoms. The summed E-state index contributed by atoms with van der Waals surface area (Å²) in [6.45, 7) is 7.35. The number of nitrogens with zero attached hydrogens (tertiary/aromatic N) is 2. The van der Waals surface area contributed by atoms with Gasteiger partial charge < -0.3 is 5.32 Å². The fourth-order valence-corrected chi connectivity index (χ4v) is 2.90. The van der Waals surface area contributed by atoms with Gasteiger partial charge in [0.05, 0.1) is 5.69 Å². The molecule has 2 aromatic rings. The predicted octanol–water partition coefficient (Wildman–Crippen LogP) is 3.45. The number of aryl methyl sites for hydroxylation is 2. The van der Waals surface area contributed by atoms with Crippen LogP contribution in [0.2, 0.25) is 5.02 Å². The maximum absolute atomic E-state index is 5.96. The summed E-state index contributed by atoms with van der Waals surface area (Å²) in [7, 11) is 2.01. The number of nitrogens with one attached hydrogen (secondary N) is 1. The number of aromatic nitrogens is 2. The second-order valence-electron chi connectivity index (χ2n) is 5.56. The second-order valence-corrected chi connectivity index (χ2v) is 6.00. The number of rotatable bonds is 6. The monoisotopic (exact) mass is 305 g/mol. The maximum Gasteiger partial charge on any atom is 0.0628 e. The zero-order valence-corrected chi connectivity index (χ0v) is 14.0. The topological polar surface area (TPSA) is 29.9 Å². The molecular formula is C17H24ClN3. The largest absolute Gasteiger partial charge is 0.314 e. The highest BCUT2D eigenvalue weighted by Gasteiger charge is 2.16. The van der Waals surface area contributed by atoms with Crippen LogP contribution in [0.3, 0.4) is 0 Å². The van der Waals surface area contributed by atoms with Crippen LogP contribution in [0.25, 0.3) is 0 Å². The van der Waals surface area contributed by atoms with Crippen molar-refractivity contribution in [3.05, 3.63) is 51.8 Å². The molecule has 1 unspecified atom stereocenters. The summed E-state index contributed by atoms with van der Waals surface area (Å²) in [4.78, 5) is 0. The third-order valence-electron chi connectivity index (χ3n) is 4.00. The van der Waals surface area contributed by atoms with Crippen LogP contribution in [0.15, 0.2) is 24.3 Å². The molecule has 21 heavy (non-hydrogen) atoms. The quantitative estimate of drug-likeness (QED) is 0.886. The molecule has 1 N–H and O–H groups in total. The molecule has 2 rings (SSSR count). The van der Waals surface area contributed by atoms with Crippen LogP contribution in [0.1, 0.15) is 29.4 Å². The third kappa shape index (κ3) is 4.08. The van der Waals surface area contributed by atoms with Gasteiger partial charge in [0.2, 0.25) is 0 Å². The Morgan fingerprint density at radius 1 is 1.19 bits per heavy atom. The van der Waals surface area contributed by atoms with Gasteiger partial charge in [-0.3, -0.25) is 4.68 Å². The minimum absolute atomic E-state index is 0.415. The Morgan fingerprint density at radius 3 is 2.38 bits per heavy atom. The SMILES string of the molecule is CCNC(Cc1ccc(Cl)cc1)Cc1c(C)nn(C)c1C. The molecule has 0 saturated carbocycles. The Labute approximate surface area is 132 Å². The van der Waals surface area contributed by atoms with Crippen molar-refractivity contribution in [2.45, 2.75) is 39.7 Å². The summed E-state index contributed by atoms with van der Waals surface area (Å²) in [5.74, 6) is 0. The minimum atomic E-state index is 0.415.